The Hall–Kier alpha value is -4.34. The third-order valence-electron chi connectivity index (χ3n) is 8.03. The van der Waals surface area contributed by atoms with E-state index < -0.39 is 5.97 Å². The summed E-state index contributed by atoms with van der Waals surface area (Å²) < 4.78 is 0. The van der Waals surface area contributed by atoms with E-state index in [0.717, 1.165) is 67.6 Å². The Bertz CT molecular complexity index is 1640. The monoisotopic (exact) mass is 517 g/mol. The highest BCUT2D eigenvalue weighted by Crippen LogP contribution is 2.30. The van der Waals surface area contributed by atoms with E-state index in [1.807, 2.05) is 41.4 Å². The average molecular weight is 518 g/mol. The zero-order valence-electron chi connectivity index (χ0n) is 22.0. The molecule has 1 saturated heterocycles. The van der Waals surface area contributed by atoms with Crippen LogP contribution in [0.15, 0.2) is 66.9 Å². The molecule has 2 aliphatic heterocycles. The molecule has 6 heteroatoms. The molecule has 2 aliphatic rings. The van der Waals surface area contributed by atoms with Crippen LogP contribution in [0.25, 0.3) is 22.0 Å². The van der Waals surface area contributed by atoms with Crippen LogP contribution in [0.4, 0.5) is 0 Å². The Balaban J connectivity index is 1.26. The van der Waals surface area contributed by atoms with E-state index in [2.05, 4.69) is 39.9 Å². The topological polar surface area (TPSA) is 76.6 Å². The zero-order chi connectivity index (χ0) is 26.9. The third-order valence-corrected chi connectivity index (χ3v) is 8.03. The summed E-state index contributed by atoms with van der Waals surface area (Å²) in [5, 5.41) is 11.0. The number of carboxylic acids is 1. The molecule has 0 radical (unpaired) electrons. The fraction of sp³-hybridized carbons (Fsp3) is 0.273. The van der Waals surface area contributed by atoms with Crippen molar-refractivity contribution < 1.29 is 14.7 Å². The number of aromatic amines is 1. The average Bonchev–Trinajstić information content (AvgIpc) is 3.61. The van der Waals surface area contributed by atoms with Gasteiger partial charge in [0.25, 0.3) is 0 Å². The van der Waals surface area contributed by atoms with Crippen LogP contribution in [0.1, 0.15) is 46.0 Å². The van der Waals surface area contributed by atoms with Gasteiger partial charge in [-0.25, -0.2) is 4.79 Å². The molecular formula is C33H31N3O3. The Kier molecular flexibility index (Phi) is 6.68. The van der Waals surface area contributed by atoms with Crippen LogP contribution in [-0.4, -0.2) is 57.9 Å². The molecule has 6 nitrogen and oxygen atoms in total. The van der Waals surface area contributed by atoms with Crippen LogP contribution >= 0.6 is 0 Å². The first-order valence-corrected chi connectivity index (χ1v) is 13.5. The highest BCUT2D eigenvalue weighted by molar-refractivity contribution is 5.99. The van der Waals surface area contributed by atoms with Gasteiger partial charge in [0.05, 0.1) is 5.56 Å². The number of carbonyl (C=O) groups is 2. The van der Waals surface area contributed by atoms with Gasteiger partial charge in [0.15, 0.2) is 0 Å². The number of hydrogen-bond acceptors (Lipinski definition) is 3. The Labute approximate surface area is 228 Å². The van der Waals surface area contributed by atoms with Crippen molar-refractivity contribution in [1.29, 1.82) is 0 Å². The molecule has 1 unspecified atom stereocenters. The molecule has 4 aromatic rings. The van der Waals surface area contributed by atoms with Crippen LogP contribution in [-0.2, 0) is 17.8 Å². The smallest absolute Gasteiger partial charge is 0.336 e. The summed E-state index contributed by atoms with van der Waals surface area (Å²) in [6.07, 6.45) is 3.96. The molecule has 0 bridgehead atoms. The minimum Gasteiger partial charge on any atom is -0.478 e. The SMILES string of the molecule is CC(=O)N1CCC(CN2CCc3ccc(C#Cc4cccc(C(=O)O)c4-c4ccc5cc[nH]c5c4)cc3C2)C1. The first-order valence-electron chi connectivity index (χ1n) is 13.5. The summed E-state index contributed by atoms with van der Waals surface area (Å²) in [5.74, 6) is 6.33. The summed E-state index contributed by atoms with van der Waals surface area (Å²) >= 11 is 0. The first kappa shape index (κ1) is 25.0. The quantitative estimate of drug-likeness (QED) is 0.367. The number of benzene rings is 3. The maximum absolute atomic E-state index is 12.1. The second kappa shape index (κ2) is 10.4. The Morgan fingerprint density at radius 2 is 1.92 bits per heavy atom. The van der Waals surface area contributed by atoms with Crippen molar-refractivity contribution in [1.82, 2.24) is 14.8 Å². The van der Waals surface area contributed by atoms with Crippen molar-refractivity contribution in [2.75, 3.05) is 26.2 Å². The summed E-state index contributed by atoms with van der Waals surface area (Å²) in [5.41, 5.74) is 6.93. The number of aromatic nitrogens is 1. The van der Waals surface area contributed by atoms with E-state index in [4.69, 9.17) is 0 Å². The number of H-pyrrole nitrogens is 1. The zero-order valence-corrected chi connectivity index (χ0v) is 22.0. The number of amides is 1. The molecule has 1 fully saturated rings. The van der Waals surface area contributed by atoms with Gasteiger partial charge in [-0.1, -0.05) is 36.1 Å². The number of hydrogen-bond donors (Lipinski definition) is 2. The number of nitrogens with one attached hydrogen (secondary N) is 1. The van der Waals surface area contributed by atoms with E-state index in [1.54, 1.807) is 19.1 Å². The van der Waals surface area contributed by atoms with Gasteiger partial charge in [0.1, 0.15) is 0 Å². The van der Waals surface area contributed by atoms with Gasteiger partial charge in [-0.05, 0) is 77.2 Å². The lowest BCUT2D eigenvalue weighted by Crippen LogP contribution is -2.36. The van der Waals surface area contributed by atoms with Crippen molar-refractivity contribution >= 4 is 22.8 Å². The van der Waals surface area contributed by atoms with Crippen molar-refractivity contribution in [3.05, 3.63) is 94.7 Å². The van der Waals surface area contributed by atoms with E-state index in [1.165, 1.54) is 11.1 Å². The molecule has 0 aliphatic carbocycles. The fourth-order valence-electron chi connectivity index (χ4n) is 5.97. The normalized spacial score (nSPS) is 17.1. The summed E-state index contributed by atoms with van der Waals surface area (Å²) in [7, 11) is 0. The minimum atomic E-state index is -0.970. The van der Waals surface area contributed by atoms with Crippen LogP contribution in [0.5, 0.6) is 0 Å². The van der Waals surface area contributed by atoms with E-state index in [0.29, 0.717) is 17.0 Å². The lowest BCUT2D eigenvalue weighted by Gasteiger charge is -2.31. The van der Waals surface area contributed by atoms with Gasteiger partial charge in [-0.15, -0.1) is 0 Å². The number of fused-ring (bicyclic) bond motifs is 2. The fourth-order valence-corrected chi connectivity index (χ4v) is 5.97. The highest BCUT2D eigenvalue weighted by atomic mass is 16.4. The van der Waals surface area contributed by atoms with Crippen molar-refractivity contribution in [3.63, 3.8) is 0 Å². The second-order valence-corrected chi connectivity index (χ2v) is 10.7. The maximum Gasteiger partial charge on any atom is 0.336 e. The van der Waals surface area contributed by atoms with Gasteiger partial charge < -0.3 is 15.0 Å². The Morgan fingerprint density at radius 1 is 1.03 bits per heavy atom. The molecule has 6 rings (SSSR count). The lowest BCUT2D eigenvalue weighted by molar-refractivity contribution is -0.127. The number of rotatable bonds is 4. The van der Waals surface area contributed by atoms with Gasteiger partial charge in [0.2, 0.25) is 5.91 Å². The maximum atomic E-state index is 12.1. The third kappa shape index (κ3) is 5.19. The number of carboxylic acid groups (broad SMARTS) is 1. The second-order valence-electron chi connectivity index (χ2n) is 10.7. The summed E-state index contributed by atoms with van der Waals surface area (Å²) in [6, 6.07) is 19.6. The molecule has 196 valence electrons. The molecule has 2 N–H and O–H groups in total. The molecule has 0 saturated carbocycles. The van der Waals surface area contributed by atoms with Gasteiger partial charge in [0, 0.05) is 68.1 Å². The largest absolute Gasteiger partial charge is 0.478 e. The molecular weight excluding hydrogens is 486 g/mol. The number of carbonyl (C=O) groups excluding carboxylic acids is 1. The summed E-state index contributed by atoms with van der Waals surface area (Å²) in [4.78, 5) is 31.5. The number of aromatic carboxylic acids is 1. The predicted molar refractivity (Wildman–Crippen MR) is 152 cm³/mol. The standard InChI is InChI=1S/C33H31N3O3/c1-22(37)36-16-12-24(20-36)19-35-15-13-25-7-5-23(17-29(25)21-35)6-8-27-3-2-4-30(33(38)39)32(27)28-10-9-26-11-14-34-31(26)18-28/h2-5,7,9-11,14,17-18,24,34H,12-13,15-16,19-21H2,1H3,(H,38,39). The lowest BCUT2D eigenvalue weighted by atomic mass is 9.93. The predicted octanol–water partition coefficient (Wildman–Crippen LogP) is 5.16. The first-order chi connectivity index (χ1) is 18.9. The molecule has 1 atom stereocenters. The van der Waals surface area contributed by atoms with Crippen molar-refractivity contribution in [2.45, 2.75) is 26.3 Å². The van der Waals surface area contributed by atoms with Gasteiger partial charge in [-0.3, -0.25) is 9.69 Å². The van der Waals surface area contributed by atoms with Crippen molar-refractivity contribution in [3.8, 4) is 23.0 Å². The van der Waals surface area contributed by atoms with Crippen molar-refractivity contribution in [2.24, 2.45) is 5.92 Å². The van der Waals surface area contributed by atoms with E-state index in [-0.39, 0.29) is 11.5 Å². The molecule has 1 amide bonds. The van der Waals surface area contributed by atoms with Crippen LogP contribution in [0.2, 0.25) is 0 Å². The van der Waals surface area contributed by atoms with Crippen LogP contribution in [0.3, 0.4) is 0 Å². The molecule has 1 aromatic heterocycles. The number of nitrogens with zero attached hydrogens (tertiary/aromatic N) is 2. The molecule has 3 aromatic carbocycles. The molecule has 0 spiro atoms. The van der Waals surface area contributed by atoms with E-state index >= 15 is 0 Å². The summed E-state index contributed by atoms with van der Waals surface area (Å²) in [6.45, 7) is 6.31. The number of likely N-dealkylation sites (tertiary alicyclic amines) is 1. The van der Waals surface area contributed by atoms with Gasteiger partial charge in [-0.2, -0.15) is 0 Å². The molecule has 3 heterocycles. The van der Waals surface area contributed by atoms with Crippen LogP contribution < -0.4 is 0 Å². The minimum absolute atomic E-state index is 0.173. The van der Waals surface area contributed by atoms with E-state index in [9.17, 15) is 14.7 Å². The highest BCUT2D eigenvalue weighted by Gasteiger charge is 2.27. The van der Waals surface area contributed by atoms with Crippen LogP contribution in [0, 0.1) is 17.8 Å². The Morgan fingerprint density at radius 3 is 2.74 bits per heavy atom. The van der Waals surface area contributed by atoms with Gasteiger partial charge >= 0.3 is 5.97 Å². The molecule has 39 heavy (non-hydrogen) atoms.